The van der Waals surface area contributed by atoms with Crippen molar-refractivity contribution in [2.24, 2.45) is 5.73 Å². The molecule has 0 spiro atoms. The fourth-order valence-corrected chi connectivity index (χ4v) is 1.78. The number of nitrogens with two attached hydrogens (primary N) is 1. The van der Waals surface area contributed by atoms with E-state index in [2.05, 4.69) is 26.2 Å². The molecule has 0 unspecified atom stereocenters. The standard InChI is InChI=1S/C10H13BrN4O3/c1-10(2,4-8(12)16)14-9-7(15(17)18)3-6(11)5-13-9/h3,5H,4H2,1-2H3,(H2,12,16)(H,13,14). The van der Waals surface area contributed by atoms with Crippen molar-refractivity contribution in [1.82, 2.24) is 4.98 Å². The van der Waals surface area contributed by atoms with Gasteiger partial charge in [-0.3, -0.25) is 14.9 Å². The van der Waals surface area contributed by atoms with Crippen LogP contribution in [-0.4, -0.2) is 21.4 Å². The van der Waals surface area contributed by atoms with Crippen molar-refractivity contribution < 1.29 is 9.72 Å². The Morgan fingerprint density at radius 1 is 1.67 bits per heavy atom. The molecule has 0 atom stereocenters. The van der Waals surface area contributed by atoms with Crippen LogP contribution >= 0.6 is 15.9 Å². The van der Waals surface area contributed by atoms with Crippen molar-refractivity contribution in [3.05, 3.63) is 26.9 Å². The monoisotopic (exact) mass is 316 g/mol. The minimum atomic E-state index is -0.711. The van der Waals surface area contributed by atoms with E-state index in [9.17, 15) is 14.9 Å². The van der Waals surface area contributed by atoms with Gasteiger partial charge in [-0.05, 0) is 29.8 Å². The number of halogens is 1. The van der Waals surface area contributed by atoms with E-state index in [1.807, 2.05) is 0 Å². The smallest absolute Gasteiger partial charge is 0.312 e. The number of hydrogen-bond acceptors (Lipinski definition) is 5. The summed E-state index contributed by atoms with van der Waals surface area (Å²) in [6, 6.07) is 1.34. The van der Waals surface area contributed by atoms with Crippen LogP contribution in [0.15, 0.2) is 16.7 Å². The molecular formula is C10H13BrN4O3. The van der Waals surface area contributed by atoms with E-state index >= 15 is 0 Å². The third-order valence-corrected chi connectivity index (χ3v) is 2.54. The lowest BCUT2D eigenvalue weighted by Crippen LogP contribution is -2.36. The summed E-state index contributed by atoms with van der Waals surface area (Å²) in [5.41, 5.74) is 4.24. The number of aromatic nitrogens is 1. The third-order valence-electron chi connectivity index (χ3n) is 2.10. The molecular weight excluding hydrogens is 304 g/mol. The van der Waals surface area contributed by atoms with Gasteiger partial charge >= 0.3 is 5.69 Å². The molecule has 0 aliphatic heterocycles. The predicted molar refractivity (Wildman–Crippen MR) is 70.1 cm³/mol. The van der Waals surface area contributed by atoms with Crippen molar-refractivity contribution in [2.45, 2.75) is 25.8 Å². The van der Waals surface area contributed by atoms with Gasteiger partial charge < -0.3 is 11.1 Å². The Balaban J connectivity index is 3.03. The fourth-order valence-electron chi connectivity index (χ4n) is 1.46. The number of rotatable bonds is 5. The highest BCUT2D eigenvalue weighted by Crippen LogP contribution is 2.28. The molecule has 18 heavy (non-hydrogen) atoms. The molecule has 7 nitrogen and oxygen atoms in total. The fraction of sp³-hybridized carbons (Fsp3) is 0.400. The second-order valence-corrected chi connectivity index (χ2v) is 5.35. The van der Waals surface area contributed by atoms with Crippen LogP contribution in [0, 0.1) is 10.1 Å². The molecule has 0 radical (unpaired) electrons. The second-order valence-electron chi connectivity index (χ2n) is 4.43. The predicted octanol–water partition coefficient (Wildman–Crippen LogP) is 1.82. The van der Waals surface area contributed by atoms with Gasteiger partial charge in [0.05, 0.1) is 4.92 Å². The topological polar surface area (TPSA) is 111 Å². The summed E-state index contributed by atoms with van der Waals surface area (Å²) in [5, 5.41) is 13.7. The SMILES string of the molecule is CC(C)(CC(N)=O)Nc1ncc(Br)cc1[N+](=O)[O-]. The number of hydrogen-bond donors (Lipinski definition) is 2. The first-order valence-electron chi connectivity index (χ1n) is 5.08. The van der Waals surface area contributed by atoms with Crippen molar-refractivity contribution in [3.8, 4) is 0 Å². The Labute approximate surface area is 112 Å². The molecule has 1 heterocycles. The maximum Gasteiger partial charge on any atom is 0.312 e. The largest absolute Gasteiger partial charge is 0.370 e. The van der Waals surface area contributed by atoms with E-state index in [0.717, 1.165) is 0 Å². The molecule has 1 aromatic heterocycles. The lowest BCUT2D eigenvalue weighted by Gasteiger charge is -2.25. The van der Waals surface area contributed by atoms with Crippen LogP contribution in [-0.2, 0) is 4.79 Å². The maximum atomic E-state index is 10.9. The lowest BCUT2D eigenvalue weighted by atomic mass is 10.0. The van der Waals surface area contributed by atoms with E-state index in [1.165, 1.54) is 12.3 Å². The first kappa shape index (κ1) is 14.4. The molecule has 0 saturated heterocycles. The highest BCUT2D eigenvalue weighted by Gasteiger charge is 2.25. The number of primary amides is 1. The molecule has 1 rings (SSSR count). The Morgan fingerprint density at radius 2 is 2.28 bits per heavy atom. The summed E-state index contributed by atoms with van der Waals surface area (Å²) in [7, 11) is 0. The molecule has 0 fully saturated rings. The summed E-state index contributed by atoms with van der Waals surface area (Å²) in [4.78, 5) is 25.2. The van der Waals surface area contributed by atoms with Crippen molar-refractivity contribution in [3.63, 3.8) is 0 Å². The van der Waals surface area contributed by atoms with E-state index in [-0.39, 0.29) is 17.9 Å². The second kappa shape index (κ2) is 5.30. The van der Waals surface area contributed by atoms with Gasteiger partial charge in [-0.25, -0.2) is 4.98 Å². The van der Waals surface area contributed by atoms with E-state index in [1.54, 1.807) is 13.8 Å². The van der Waals surface area contributed by atoms with Crippen molar-refractivity contribution >= 4 is 33.3 Å². The normalized spacial score (nSPS) is 11.1. The summed E-state index contributed by atoms with van der Waals surface area (Å²) in [6.45, 7) is 3.43. The zero-order valence-corrected chi connectivity index (χ0v) is 11.5. The third kappa shape index (κ3) is 3.95. The van der Waals surface area contributed by atoms with Crippen LogP contribution in [0.5, 0.6) is 0 Å². The molecule has 8 heteroatoms. The summed E-state index contributed by atoms with van der Waals surface area (Å²) >= 11 is 3.12. The van der Waals surface area contributed by atoms with Gasteiger partial charge in [0.2, 0.25) is 11.7 Å². The van der Waals surface area contributed by atoms with E-state index < -0.39 is 16.4 Å². The van der Waals surface area contributed by atoms with Gasteiger partial charge in [0.25, 0.3) is 0 Å². The first-order chi connectivity index (χ1) is 8.21. The van der Waals surface area contributed by atoms with Gasteiger partial charge in [-0.1, -0.05) is 0 Å². The number of carbonyl (C=O) groups is 1. The van der Waals surface area contributed by atoms with Gasteiger partial charge in [0.15, 0.2) is 0 Å². The van der Waals surface area contributed by atoms with Crippen LogP contribution in [0.2, 0.25) is 0 Å². The maximum absolute atomic E-state index is 10.9. The zero-order chi connectivity index (χ0) is 13.9. The van der Waals surface area contributed by atoms with E-state index in [4.69, 9.17) is 5.73 Å². The number of nitrogens with zero attached hydrogens (tertiary/aromatic N) is 2. The first-order valence-corrected chi connectivity index (χ1v) is 5.87. The summed E-state index contributed by atoms with van der Waals surface area (Å²) in [6.07, 6.45) is 1.48. The van der Waals surface area contributed by atoms with Crippen LogP contribution in [0.4, 0.5) is 11.5 Å². The van der Waals surface area contributed by atoms with Crippen molar-refractivity contribution in [1.29, 1.82) is 0 Å². The molecule has 98 valence electrons. The van der Waals surface area contributed by atoms with Crippen LogP contribution in [0.3, 0.4) is 0 Å². The average molecular weight is 317 g/mol. The lowest BCUT2D eigenvalue weighted by molar-refractivity contribution is -0.384. The van der Waals surface area contributed by atoms with Gasteiger partial charge in [0, 0.05) is 28.7 Å². The highest BCUT2D eigenvalue weighted by molar-refractivity contribution is 9.10. The Bertz CT molecular complexity index is 490. The van der Waals surface area contributed by atoms with Gasteiger partial charge in [0.1, 0.15) is 0 Å². The van der Waals surface area contributed by atoms with Crippen LogP contribution < -0.4 is 11.1 Å². The Morgan fingerprint density at radius 3 is 2.78 bits per heavy atom. The minimum Gasteiger partial charge on any atom is -0.370 e. The summed E-state index contributed by atoms with van der Waals surface area (Å²) in [5.74, 6) is -0.387. The number of nitro groups is 1. The number of amides is 1. The molecule has 0 aliphatic rings. The molecule has 1 aromatic rings. The van der Waals surface area contributed by atoms with Crippen molar-refractivity contribution in [2.75, 3.05) is 5.32 Å². The number of anilines is 1. The molecule has 0 aromatic carbocycles. The number of nitrogens with one attached hydrogen (secondary N) is 1. The minimum absolute atomic E-state index is 0.0435. The molecule has 0 bridgehead atoms. The number of carbonyl (C=O) groups excluding carboxylic acids is 1. The average Bonchev–Trinajstić information content (AvgIpc) is 2.18. The molecule has 3 N–H and O–H groups in total. The Hall–Kier alpha value is -1.70. The van der Waals surface area contributed by atoms with Crippen LogP contribution in [0.25, 0.3) is 0 Å². The van der Waals surface area contributed by atoms with Gasteiger partial charge in [-0.15, -0.1) is 0 Å². The Kier molecular flexibility index (Phi) is 4.23. The molecule has 1 amide bonds. The number of pyridine rings is 1. The van der Waals surface area contributed by atoms with E-state index in [0.29, 0.717) is 4.47 Å². The summed E-state index contributed by atoms with van der Waals surface area (Å²) < 4.78 is 0.507. The quantitative estimate of drug-likeness (QED) is 0.635. The highest BCUT2D eigenvalue weighted by atomic mass is 79.9. The van der Waals surface area contributed by atoms with Crippen LogP contribution in [0.1, 0.15) is 20.3 Å². The zero-order valence-electron chi connectivity index (χ0n) is 9.94. The molecule has 0 aliphatic carbocycles. The molecule has 0 saturated carbocycles. The van der Waals surface area contributed by atoms with Gasteiger partial charge in [-0.2, -0.15) is 0 Å².